The van der Waals surface area contributed by atoms with Crippen molar-refractivity contribution in [2.24, 2.45) is 0 Å². The summed E-state index contributed by atoms with van der Waals surface area (Å²) < 4.78 is 50.1. The van der Waals surface area contributed by atoms with Gasteiger partial charge in [-0.25, -0.2) is 17.6 Å². The van der Waals surface area contributed by atoms with E-state index in [1.807, 2.05) is 23.1 Å². The van der Waals surface area contributed by atoms with E-state index in [0.29, 0.717) is 0 Å². The van der Waals surface area contributed by atoms with Crippen LogP contribution in [0.4, 0.5) is 17.6 Å². The van der Waals surface area contributed by atoms with Crippen molar-refractivity contribution in [3.8, 4) is 0 Å². The molecule has 0 aliphatic rings. The number of hydrogen-bond donors (Lipinski definition) is 0. The highest BCUT2D eigenvalue weighted by Crippen LogP contribution is 2.17. The van der Waals surface area contributed by atoms with Gasteiger partial charge in [0, 0.05) is 5.30 Å². The molecule has 0 spiro atoms. The molecule has 1 atom stereocenters. The van der Waals surface area contributed by atoms with Crippen molar-refractivity contribution in [3.63, 3.8) is 0 Å². The van der Waals surface area contributed by atoms with Gasteiger partial charge in [-0.3, -0.25) is 0 Å². The zero-order valence-electron chi connectivity index (χ0n) is 8.09. The maximum atomic E-state index is 12.6. The Balaban J connectivity index is 0.000000791. The molecule has 0 bridgehead atoms. The predicted molar refractivity (Wildman–Crippen MR) is 51.7 cm³/mol. The Morgan fingerprint density at radius 3 is 1.57 bits per heavy atom. The topological polar surface area (TPSA) is 0 Å². The first-order valence-corrected chi connectivity index (χ1v) is 4.62. The normalized spacial score (nSPS) is 9.43. The number of rotatable bonds is 0. The third kappa shape index (κ3) is 2.24. The van der Waals surface area contributed by atoms with Gasteiger partial charge in [0.1, 0.15) is 0 Å². The summed E-state index contributed by atoms with van der Waals surface area (Å²) in [6, 6.07) is 0. The van der Waals surface area contributed by atoms with Crippen LogP contribution in [0.1, 0.15) is 19.4 Å². The fourth-order valence-corrected chi connectivity index (χ4v) is 1.01. The molecule has 1 aromatic rings. The summed E-state index contributed by atoms with van der Waals surface area (Å²) in [5.41, 5.74) is -0.239. The summed E-state index contributed by atoms with van der Waals surface area (Å²) in [6.07, 6.45) is 0. The standard InChI is InChI=1S/C7H5F4P.C2H6/c1-2-3(8)4(9)5(10)6(11)7(2)12;1-2/h12H2,1H3;1-2H3. The third-order valence-electron chi connectivity index (χ3n) is 1.55. The molecular formula is C9H11F4P. The SMILES string of the molecule is CC.Cc1c(F)c(F)c(F)c(F)c1P. The Labute approximate surface area is 82.5 Å². The number of benzene rings is 1. The number of halogens is 4. The lowest BCUT2D eigenvalue weighted by atomic mass is 10.2. The molecule has 0 radical (unpaired) electrons. The van der Waals surface area contributed by atoms with Crippen LogP contribution in [0.3, 0.4) is 0 Å². The molecule has 0 fully saturated rings. The fourth-order valence-electron chi connectivity index (χ4n) is 0.758. The lowest BCUT2D eigenvalue weighted by Crippen LogP contribution is -2.12. The van der Waals surface area contributed by atoms with E-state index in [4.69, 9.17) is 0 Å². The average molecular weight is 226 g/mol. The van der Waals surface area contributed by atoms with Gasteiger partial charge in [0.15, 0.2) is 23.3 Å². The first-order chi connectivity index (χ1) is 6.46. The van der Waals surface area contributed by atoms with Crippen LogP contribution in [0.25, 0.3) is 0 Å². The Kier molecular flexibility index (Phi) is 5.06. The number of hydrogen-bond acceptors (Lipinski definition) is 0. The van der Waals surface area contributed by atoms with Crippen molar-refractivity contribution in [2.45, 2.75) is 20.8 Å². The zero-order chi connectivity index (χ0) is 11.5. The molecule has 0 aliphatic carbocycles. The van der Waals surface area contributed by atoms with Crippen LogP contribution < -0.4 is 5.30 Å². The van der Waals surface area contributed by atoms with E-state index in [-0.39, 0.29) is 10.9 Å². The van der Waals surface area contributed by atoms with Gasteiger partial charge in [-0.2, -0.15) is 0 Å². The van der Waals surface area contributed by atoms with Crippen molar-refractivity contribution in [1.29, 1.82) is 0 Å². The van der Waals surface area contributed by atoms with E-state index in [9.17, 15) is 17.6 Å². The second kappa shape index (κ2) is 5.30. The van der Waals surface area contributed by atoms with E-state index >= 15 is 0 Å². The summed E-state index contributed by atoms with van der Waals surface area (Å²) in [5.74, 6) is -6.26. The summed E-state index contributed by atoms with van der Waals surface area (Å²) in [4.78, 5) is 0. The lowest BCUT2D eigenvalue weighted by Gasteiger charge is -2.04. The Morgan fingerprint density at radius 2 is 1.14 bits per heavy atom. The highest BCUT2D eigenvalue weighted by Gasteiger charge is 2.20. The van der Waals surface area contributed by atoms with Crippen molar-refractivity contribution in [2.75, 3.05) is 0 Å². The molecule has 0 saturated carbocycles. The van der Waals surface area contributed by atoms with Crippen LogP contribution >= 0.6 is 9.24 Å². The van der Waals surface area contributed by atoms with E-state index in [1.54, 1.807) is 0 Å². The molecule has 0 N–H and O–H groups in total. The van der Waals surface area contributed by atoms with Crippen molar-refractivity contribution in [3.05, 3.63) is 28.8 Å². The van der Waals surface area contributed by atoms with Gasteiger partial charge in [-0.05, 0) is 12.5 Å². The summed E-state index contributed by atoms with van der Waals surface area (Å²) in [7, 11) is 1.81. The summed E-state index contributed by atoms with van der Waals surface area (Å²) >= 11 is 0. The van der Waals surface area contributed by atoms with Crippen LogP contribution in [-0.2, 0) is 0 Å². The van der Waals surface area contributed by atoms with Gasteiger partial charge < -0.3 is 0 Å². The molecule has 0 amide bonds. The molecule has 5 heteroatoms. The largest absolute Gasteiger partial charge is 0.203 e. The van der Waals surface area contributed by atoms with Crippen molar-refractivity contribution < 1.29 is 17.6 Å². The van der Waals surface area contributed by atoms with E-state index in [2.05, 4.69) is 0 Å². The van der Waals surface area contributed by atoms with Crippen LogP contribution in [0.5, 0.6) is 0 Å². The molecule has 0 aromatic heterocycles. The minimum Gasteiger partial charge on any atom is -0.203 e. The lowest BCUT2D eigenvalue weighted by molar-refractivity contribution is 0.410. The van der Waals surface area contributed by atoms with E-state index in [0.717, 1.165) is 0 Å². The monoisotopic (exact) mass is 226 g/mol. The Bertz CT molecular complexity index is 231. The molecule has 1 unspecified atom stereocenters. The van der Waals surface area contributed by atoms with E-state index in [1.165, 1.54) is 6.92 Å². The van der Waals surface area contributed by atoms with Crippen molar-refractivity contribution >= 4 is 14.5 Å². The smallest absolute Gasteiger partial charge is 0.198 e. The van der Waals surface area contributed by atoms with Gasteiger partial charge in [0.25, 0.3) is 0 Å². The summed E-state index contributed by atoms with van der Waals surface area (Å²) in [5, 5.41) is -0.286. The van der Waals surface area contributed by atoms with Gasteiger partial charge in [0.05, 0.1) is 0 Å². The highest BCUT2D eigenvalue weighted by atomic mass is 31.0. The van der Waals surface area contributed by atoms with Crippen molar-refractivity contribution in [1.82, 2.24) is 0 Å². The molecule has 80 valence electrons. The molecule has 14 heavy (non-hydrogen) atoms. The maximum absolute atomic E-state index is 12.6. The minimum atomic E-state index is -1.77. The second-order valence-electron chi connectivity index (χ2n) is 2.29. The van der Waals surface area contributed by atoms with Gasteiger partial charge in [0.2, 0.25) is 0 Å². The average Bonchev–Trinajstić information content (AvgIpc) is 2.24. The van der Waals surface area contributed by atoms with Gasteiger partial charge in [-0.1, -0.05) is 13.8 Å². The predicted octanol–water partition coefficient (Wildman–Crippen LogP) is 3.08. The quantitative estimate of drug-likeness (QED) is 0.276. The molecule has 1 rings (SSSR count). The molecule has 1 aromatic carbocycles. The van der Waals surface area contributed by atoms with Crippen LogP contribution in [0.15, 0.2) is 0 Å². The summed E-state index contributed by atoms with van der Waals surface area (Å²) in [6.45, 7) is 5.17. The molecule has 0 nitrogen and oxygen atoms in total. The molecule has 0 saturated heterocycles. The van der Waals surface area contributed by atoms with Crippen LogP contribution in [0, 0.1) is 30.2 Å². The highest BCUT2D eigenvalue weighted by molar-refractivity contribution is 7.27. The second-order valence-corrected chi connectivity index (χ2v) is 2.87. The zero-order valence-corrected chi connectivity index (χ0v) is 9.24. The van der Waals surface area contributed by atoms with Crippen LogP contribution in [-0.4, -0.2) is 0 Å². The Hall–Kier alpha value is -0.630. The van der Waals surface area contributed by atoms with Gasteiger partial charge >= 0.3 is 0 Å². The Morgan fingerprint density at radius 1 is 0.786 bits per heavy atom. The maximum Gasteiger partial charge on any atom is 0.198 e. The third-order valence-corrected chi connectivity index (χ3v) is 2.23. The van der Waals surface area contributed by atoms with Crippen LogP contribution in [0.2, 0.25) is 0 Å². The fraction of sp³-hybridized carbons (Fsp3) is 0.333. The molecule has 0 heterocycles. The van der Waals surface area contributed by atoms with E-state index < -0.39 is 23.3 Å². The first kappa shape index (κ1) is 13.4. The molecule has 0 aliphatic heterocycles. The first-order valence-electron chi connectivity index (χ1n) is 4.04. The minimum absolute atomic E-state index is 0.239. The molecular weight excluding hydrogens is 215 g/mol. The van der Waals surface area contributed by atoms with Gasteiger partial charge in [-0.15, -0.1) is 9.24 Å².